The van der Waals surface area contributed by atoms with E-state index in [-0.39, 0.29) is 22.6 Å². The van der Waals surface area contributed by atoms with E-state index in [1.807, 2.05) is 0 Å². The van der Waals surface area contributed by atoms with E-state index in [1.54, 1.807) is 0 Å². The van der Waals surface area contributed by atoms with Crippen molar-refractivity contribution in [1.82, 2.24) is 24.5 Å². The molecule has 10 heteroatoms. The monoisotopic (exact) mass is 448 g/mol. The number of rotatable bonds is 4. The lowest BCUT2D eigenvalue weighted by Crippen LogP contribution is -2.46. The molecule has 1 saturated heterocycles. The Bertz CT molecular complexity index is 1060. The fourth-order valence-electron chi connectivity index (χ4n) is 4.49. The summed E-state index contributed by atoms with van der Waals surface area (Å²) in [6.45, 7) is 3.57. The van der Waals surface area contributed by atoms with E-state index in [0.29, 0.717) is 17.5 Å². The van der Waals surface area contributed by atoms with E-state index in [0.717, 1.165) is 52.0 Å². The second kappa shape index (κ2) is 8.64. The number of ether oxygens (including phenoxy) is 1. The first-order valence-electron chi connectivity index (χ1n) is 10.5. The van der Waals surface area contributed by atoms with Crippen molar-refractivity contribution in [3.8, 4) is 11.4 Å². The van der Waals surface area contributed by atoms with Gasteiger partial charge in [0.05, 0.1) is 25.0 Å². The van der Waals surface area contributed by atoms with E-state index in [2.05, 4.69) is 25.3 Å². The summed E-state index contributed by atoms with van der Waals surface area (Å²) in [6.07, 6.45) is 5.53. The summed E-state index contributed by atoms with van der Waals surface area (Å²) in [5.74, 6) is -1.11. The van der Waals surface area contributed by atoms with Crippen molar-refractivity contribution in [2.75, 3.05) is 31.6 Å². The predicted molar refractivity (Wildman–Crippen MR) is 113 cm³/mol. The molecule has 1 saturated carbocycles. The van der Waals surface area contributed by atoms with Crippen LogP contribution in [0.4, 0.5) is 14.6 Å². The van der Waals surface area contributed by atoms with Crippen LogP contribution in [0.5, 0.6) is 0 Å². The Balaban J connectivity index is 1.40. The van der Waals surface area contributed by atoms with Crippen molar-refractivity contribution in [2.24, 2.45) is 0 Å². The number of morpholine rings is 1. The van der Waals surface area contributed by atoms with Crippen molar-refractivity contribution in [3.05, 3.63) is 41.2 Å². The van der Waals surface area contributed by atoms with Crippen LogP contribution in [0.3, 0.4) is 0 Å². The normalized spacial score (nSPS) is 22.7. The summed E-state index contributed by atoms with van der Waals surface area (Å²) in [5, 5.41) is 7.90. The van der Waals surface area contributed by atoms with Gasteiger partial charge in [-0.1, -0.05) is 17.7 Å². The highest BCUT2D eigenvalue weighted by Gasteiger charge is 2.28. The highest BCUT2D eigenvalue weighted by atomic mass is 35.5. The van der Waals surface area contributed by atoms with Gasteiger partial charge in [-0.25, -0.2) is 18.7 Å². The maximum atomic E-state index is 14.4. The van der Waals surface area contributed by atoms with Crippen molar-refractivity contribution in [2.45, 2.75) is 37.8 Å². The van der Waals surface area contributed by atoms with Gasteiger partial charge in [0.15, 0.2) is 22.4 Å². The first-order valence-corrected chi connectivity index (χ1v) is 10.9. The Morgan fingerprint density at radius 3 is 2.48 bits per heavy atom. The summed E-state index contributed by atoms with van der Waals surface area (Å²) in [5.41, 5.74) is 0.147. The summed E-state index contributed by atoms with van der Waals surface area (Å²) in [7, 11) is 0. The van der Waals surface area contributed by atoms with Crippen molar-refractivity contribution >= 4 is 23.1 Å². The molecular weight excluding hydrogens is 426 g/mol. The summed E-state index contributed by atoms with van der Waals surface area (Å²) in [6, 6.07) is 4.42. The van der Waals surface area contributed by atoms with E-state index < -0.39 is 11.6 Å². The molecule has 0 unspecified atom stereocenters. The smallest absolute Gasteiger partial charge is 0.198 e. The lowest BCUT2D eigenvalue weighted by molar-refractivity contribution is 0.00791. The van der Waals surface area contributed by atoms with E-state index in [9.17, 15) is 8.78 Å². The fraction of sp³-hybridized carbons (Fsp3) is 0.476. The minimum atomic E-state index is -0.729. The summed E-state index contributed by atoms with van der Waals surface area (Å²) in [4.78, 5) is 11.2. The van der Waals surface area contributed by atoms with Crippen LogP contribution in [0.25, 0.3) is 17.0 Å². The van der Waals surface area contributed by atoms with Crippen LogP contribution < -0.4 is 5.32 Å². The van der Waals surface area contributed by atoms with Gasteiger partial charge in [0.2, 0.25) is 0 Å². The van der Waals surface area contributed by atoms with Crippen LogP contribution in [0.2, 0.25) is 5.15 Å². The predicted octanol–water partition coefficient (Wildman–Crippen LogP) is 3.78. The van der Waals surface area contributed by atoms with Crippen LogP contribution in [0.15, 0.2) is 24.4 Å². The molecule has 2 fully saturated rings. The average molecular weight is 449 g/mol. The zero-order valence-electron chi connectivity index (χ0n) is 16.9. The van der Waals surface area contributed by atoms with Gasteiger partial charge in [-0.3, -0.25) is 4.90 Å². The first-order chi connectivity index (χ1) is 15.1. The summed E-state index contributed by atoms with van der Waals surface area (Å²) >= 11 is 6.21. The molecule has 3 aromatic rings. The number of anilines is 1. The number of benzene rings is 1. The average Bonchev–Trinajstić information content (AvgIpc) is 3.16. The molecule has 1 N–H and O–H groups in total. The molecule has 0 bridgehead atoms. The first kappa shape index (κ1) is 20.5. The third-order valence-electron chi connectivity index (χ3n) is 6.11. The lowest BCUT2D eigenvalue weighted by atomic mass is 9.90. The van der Waals surface area contributed by atoms with Gasteiger partial charge < -0.3 is 10.1 Å². The minimum Gasteiger partial charge on any atom is -0.379 e. The molecule has 5 rings (SSSR count). The van der Waals surface area contributed by atoms with E-state index in [4.69, 9.17) is 16.3 Å². The molecular formula is C21H23ClF2N6O. The molecule has 2 aliphatic rings. The van der Waals surface area contributed by atoms with E-state index >= 15 is 0 Å². The maximum absolute atomic E-state index is 14.4. The van der Waals surface area contributed by atoms with Gasteiger partial charge in [-0.05, 0) is 37.8 Å². The largest absolute Gasteiger partial charge is 0.379 e. The quantitative estimate of drug-likeness (QED) is 0.655. The van der Waals surface area contributed by atoms with Crippen molar-refractivity contribution in [1.29, 1.82) is 0 Å². The third kappa shape index (κ3) is 4.09. The van der Waals surface area contributed by atoms with Crippen molar-refractivity contribution < 1.29 is 13.5 Å². The van der Waals surface area contributed by atoms with E-state index in [1.165, 1.54) is 28.9 Å². The molecule has 3 heterocycles. The molecule has 0 amide bonds. The Morgan fingerprint density at radius 1 is 1.06 bits per heavy atom. The lowest BCUT2D eigenvalue weighted by Gasteiger charge is -2.39. The van der Waals surface area contributed by atoms with Gasteiger partial charge in [0, 0.05) is 25.2 Å². The Hall–Kier alpha value is -2.36. The molecule has 7 nitrogen and oxygen atoms in total. The van der Waals surface area contributed by atoms with Gasteiger partial charge >= 0.3 is 0 Å². The van der Waals surface area contributed by atoms with Gasteiger partial charge in [-0.2, -0.15) is 4.52 Å². The zero-order valence-corrected chi connectivity index (χ0v) is 17.7. The number of nitrogens with zero attached hydrogens (tertiary/aromatic N) is 5. The van der Waals surface area contributed by atoms with Crippen LogP contribution in [-0.4, -0.2) is 62.9 Å². The molecule has 2 aromatic heterocycles. The topological polar surface area (TPSA) is 67.6 Å². The number of nitrogens with one attached hydrogen (secondary N) is 1. The molecule has 0 radical (unpaired) electrons. The second-order valence-corrected chi connectivity index (χ2v) is 8.38. The number of aromatic nitrogens is 4. The third-order valence-corrected chi connectivity index (χ3v) is 6.36. The molecule has 1 aliphatic carbocycles. The molecule has 0 spiro atoms. The standard InChI is InChI=1S/C21H23ClF2N6O/c22-17-12-25-21-20(26-13-4-6-14(7-5-13)29-8-10-31-11-9-29)27-19(28-30(17)21)18-15(23)2-1-3-16(18)24/h1-3,12-14H,4-11H2,(H,26,27,28). The van der Waals surface area contributed by atoms with Crippen LogP contribution in [-0.2, 0) is 4.74 Å². The van der Waals surface area contributed by atoms with Crippen LogP contribution in [0, 0.1) is 11.6 Å². The number of hydrogen-bond donors (Lipinski definition) is 1. The molecule has 1 aromatic carbocycles. The maximum Gasteiger partial charge on any atom is 0.198 e. The Kier molecular flexibility index (Phi) is 5.73. The Labute approximate surface area is 183 Å². The Morgan fingerprint density at radius 2 is 1.77 bits per heavy atom. The van der Waals surface area contributed by atoms with Crippen LogP contribution in [0.1, 0.15) is 25.7 Å². The molecule has 31 heavy (non-hydrogen) atoms. The SMILES string of the molecule is Fc1cccc(F)c1-c1nc(NC2CCC(N3CCOCC3)CC2)c2ncc(Cl)n2n1. The van der Waals surface area contributed by atoms with Crippen molar-refractivity contribution in [3.63, 3.8) is 0 Å². The summed E-state index contributed by atoms with van der Waals surface area (Å²) < 4.78 is 35.5. The number of halogens is 3. The van der Waals surface area contributed by atoms with Gasteiger partial charge in [0.25, 0.3) is 0 Å². The minimum absolute atomic E-state index is 0.0764. The highest BCUT2D eigenvalue weighted by molar-refractivity contribution is 6.29. The molecule has 0 atom stereocenters. The fourth-order valence-corrected chi connectivity index (χ4v) is 4.66. The molecule has 164 valence electrons. The number of hydrogen-bond acceptors (Lipinski definition) is 6. The number of fused-ring (bicyclic) bond motifs is 1. The zero-order chi connectivity index (χ0) is 21.4. The van der Waals surface area contributed by atoms with Crippen LogP contribution >= 0.6 is 11.6 Å². The number of imidazole rings is 1. The molecule has 1 aliphatic heterocycles. The highest BCUT2D eigenvalue weighted by Crippen LogP contribution is 2.30. The van der Waals surface area contributed by atoms with Gasteiger partial charge in [0.1, 0.15) is 11.6 Å². The second-order valence-electron chi connectivity index (χ2n) is 8.00. The van der Waals surface area contributed by atoms with Gasteiger partial charge in [-0.15, -0.1) is 5.10 Å².